The summed E-state index contributed by atoms with van der Waals surface area (Å²) in [7, 11) is 0. The Balaban J connectivity index is 2.29. The van der Waals surface area contributed by atoms with Gasteiger partial charge >= 0.3 is 0 Å². The molecule has 0 aliphatic heterocycles. The lowest BCUT2D eigenvalue weighted by Crippen LogP contribution is -2.16. The van der Waals surface area contributed by atoms with E-state index in [4.69, 9.17) is 10.5 Å². The maximum Gasteiger partial charge on any atom is 0.262 e. The number of carbonyl (C=O) groups excluding carboxylic acids is 1. The van der Waals surface area contributed by atoms with Gasteiger partial charge < -0.3 is 15.8 Å². The zero-order chi connectivity index (χ0) is 14.5. The van der Waals surface area contributed by atoms with E-state index in [9.17, 15) is 4.79 Å². The van der Waals surface area contributed by atoms with Crippen LogP contribution in [0.1, 0.15) is 22.8 Å². The fourth-order valence-electron chi connectivity index (χ4n) is 1.85. The molecular formula is C15H17N3O2. The van der Waals surface area contributed by atoms with E-state index in [2.05, 4.69) is 10.3 Å². The minimum atomic E-state index is -0.329. The average Bonchev–Trinajstić information content (AvgIpc) is 2.39. The van der Waals surface area contributed by atoms with E-state index in [-0.39, 0.29) is 5.91 Å². The summed E-state index contributed by atoms with van der Waals surface area (Å²) in [4.78, 5) is 16.4. The van der Waals surface area contributed by atoms with Gasteiger partial charge in [0.2, 0.25) is 0 Å². The van der Waals surface area contributed by atoms with Crippen LogP contribution in [0.4, 0.5) is 11.5 Å². The molecule has 0 aliphatic rings. The first-order valence-electron chi connectivity index (χ1n) is 6.37. The van der Waals surface area contributed by atoms with Gasteiger partial charge in [-0.1, -0.05) is 6.07 Å². The van der Waals surface area contributed by atoms with Gasteiger partial charge in [0.1, 0.15) is 17.1 Å². The molecule has 0 aliphatic carbocycles. The number of anilines is 2. The topological polar surface area (TPSA) is 77.2 Å². The molecule has 0 saturated carbocycles. The number of hydrogen-bond donors (Lipinski definition) is 2. The Morgan fingerprint density at radius 1 is 1.40 bits per heavy atom. The van der Waals surface area contributed by atoms with Crippen molar-refractivity contribution in [2.75, 3.05) is 17.7 Å². The van der Waals surface area contributed by atoms with Crippen molar-refractivity contribution in [3.05, 3.63) is 47.7 Å². The molecule has 0 saturated heterocycles. The number of benzene rings is 1. The quantitative estimate of drug-likeness (QED) is 0.838. The summed E-state index contributed by atoms with van der Waals surface area (Å²) in [5.41, 5.74) is 7.60. The Bertz CT molecular complexity index is 626. The van der Waals surface area contributed by atoms with Crippen LogP contribution in [0.2, 0.25) is 0 Å². The second-order valence-electron chi connectivity index (χ2n) is 4.33. The molecule has 1 aromatic heterocycles. The number of amides is 1. The number of rotatable bonds is 4. The van der Waals surface area contributed by atoms with E-state index in [1.54, 1.807) is 30.5 Å². The van der Waals surface area contributed by atoms with Crippen molar-refractivity contribution in [3.8, 4) is 5.75 Å². The van der Waals surface area contributed by atoms with Crippen LogP contribution < -0.4 is 15.8 Å². The highest BCUT2D eigenvalue weighted by atomic mass is 16.5. The lowest BCUT2D eigenvalue weighted by atomic mass is 10.1. The van der Waals surface area contributed by atoms with Gasteiger partial charge in [-0.15, -0.1) is 0 Å². The molecule has 0 atom stereocenters. The Labute approximate surface area is 117 Å². The highest BCUT2D eigenvalue weighted by Crippen LogP contribution is 2.25. The third-order valence-electron chi connectivity index (χ3n) is 2.74. The number of carbonyl (C=O) groups is 1. The van der Waals surface area contributed by atoms with Gasteiger partial charge in [-0.25, -0.2) is 4.98 Å². The summed E-state index contributed by atoms with van der Waals surface area (Å²) < 4.78 is 5.44. The second-order valence-corrected chi connectivity index (χ2v) is 4.33. The first-order chi connectivity index (χ1) is 9.61. The summed E-state index contributed by atoms with van der Waals surface area (Å²) in [6.45, 7) is 4.25. The minimum absolute atomic E-state index is 0.329. The number of hydrogen-bond acceptors (Lipinski definition) is 4. The third kappa shape index (κ3) is 3.06. The number of aromatic nitrogens is 1. The van der Waals surface area contributed by atoms with Crippen LogP contribution in [0.15, 0.2) is 36.5 Å². The molecule has 1 aromatic carbocycles. The Morgan fingerprint density at radius 2 is 2.20 bits per heavy atom. The summed E-state index contributed by atoms with van der Waals surface area (Å²) in [5.74, 6) is 0.628. The minimum Gasteiger partial charge on any atom is -0.493 e. The average molecular weight is 271 g/mol. The van der Waals surface area contributed by atoms with Crippen LogP contribution in [0, 0.1) is 6.92 Å². The van der Waals surface area contributed by atoms with E-state index < -0.39 is 0 Å². The monoisotopic (exact) mass is 271 g/mol. The highest BCUT2D eigenvalue weighted by molar-refractivity contribution is 6.09. The van der Waals surface area contributed by atoms with Gasteiger partial charge in [0.15, 0.2) is 0 Å². The fourth-order valence-corrected chi connectivity index (χ4v) is 1.85. The van der Waals surface area contributed by atoms with E-state index in [1.165, 1.54) is 0 Å². The number of pyridine rings is 1. The smallest absolute Gasteiger partial charge is 0.262 e. The predicted molar refractivity (Wildman–Crippen MR) is 79.0 cm³/mol. The van der Waals surface area contributed by atoms with E-state index in [0.29, 0.717) is 29.4 Å². The first kappa shape index (κ1) is 13.9. The maximum absolute atomic E-state index is 12.3. The summed E-state index contributed by atoms with van der Waals surface area (Å²) in [6, 6.07) is 8.79. The second kappa shape index (κ2) is 6.06. The molecule has 0 fully saturated rings. The standard InChI is InChI=1S/C15H17N3O2/c1-3-20-12-6-4-5-11(16)14(12)15(19)18-13-9-10(2)7-8-17-13/h4-9H,3,16H2,1-2H3,(H,17,18,19). The maximum atomic E-state index is 12.3. The largest absolute Gasteiger partial charge is 0.493 e. The van der Waals surface area contributed by atoms with Crippen molar-refractivity contribution in [1.29, 1.82) is 0 Å². The SMILES string of the molecule is CCOc1cccc(N)c1C(=O)Nc1cc(C)ccn1. The molecule has 104 valence electrons. The Morgan fingerprint density at radius 3 is 2.90 bits per heavy atom. The highest BCUT2D eigenvalue weighted by Gasteiger charge is 2.16. The molecule has 1 heterocycles. The molecule has 0 spiro atoms. The fraction of sp³-hybridized carbons (Fsp3) is 0.200. The van der Waals surface area contributed by atoms with Gasteiger partial charge in [0, 0.05) is 11.9 Å². The molecule has 20 heavy (non-hydrogen) atoms. The number of aryl methyl sites for hydroxylation is 1. The van der Waals surface area contributed by atoms with Gasteiger partial charge in [0.25, 0.3) is 5.91 Å². The van der Waals surface area contributed by atoms with Crippen molar-refractivity contribution >= 4 is 17.4 Å². The number of ether oxygens (including phenoxy) is 1. The molecule has 2 rings (SSSR count). The van der Waals surface area contributed by atoms with Crippen molar-refractivity contribution in [2.45, 2.75) is 13.8 Å². The first-order valence-corrected chi connectivity index (χ1v) is 6.37. The number of nitrogen functional groups attached to an aromatic ring is 1. The van der Waals surface area contributed by atoms with Crippen LogP contribution in [0.5, 0.6) is 5.75 Å². The van der Waals surface area contributed by atoms with E-state index >= 15 is 0 Å². The van der Waals surface area contributed by atoms with Crippen LogP contribution in [0.3, 0.4) is 0 Å². The lowest BCUT2D eigenvalue weighted by Gasteiger charge is -2.12. The van der Waals surface area contributed by atoms with Crippen LogP contribution >= 0.6 is 0 Å². The molecule has 3 N–H and O–H groups in total. The molecule has 2 aromatic rings. The molecular weight excluding hydrogens is 254 g/mol. The van der Waals surface area contributed by atoms with E-state index in [1.807, 2.05) is 19.9 Å². The summed E-state index contributed by atoms with van der Waals surface area (Å²) in [5, 5.41) is 2.73. The van der Waals surface area contributed by atoms with Gasteiger partial charge in [0.05, 0.1) is 6.61 Å². The van der Waals surface area contributed by atoms with Gasteiger partial charge in [-0.05, 0) is 43.7 Å². The zero-order valence-electron chi connectivity index (χ0n) is 11.5. The zero-order valence-corrected chi connectivity index (χ0v) is 11.5. The lowest BCUT2D eigenvalue weighted by molar-refractivity contribution is 0.102. The Kier molecular flexibility index (Phi) is 4.20. The van der Waals surface area contributed by atoms with Crippen molar-refractivity contribution in [2.24, 2.45) is 0 Å². The predicted octanol–water partition coefficient (Wildman–Crippen LogP) is 2.62. The normalized spacial score (nSPS) is 10.1. The van der Waals surface area contributed by atoms with Crippen LogP contribution in [-0.2, 0) is 0 Å². The number of nitrogens with one attached hydrogen (secondary N) is 1. The van der Waals surface area contributed by atoms with Crippen molar-refractivity contribution in [3.63, 3.8) is 0 Å². The molecule has 5 heteroatoms. The molecule has 1 amide bonds. The van der Waals surface area contributed by atoms with Gasteiger partial charge in [-0.3, -0.25) is 4.79 Å². The Hall–Kier alpha value is -2.56. The summed E-state index contributed by atoms with van der Waals surface area (Å²) in [6.07, 6.45) is 1.64. The van der Waals surface area contributed by atoms with Crippen molar-refractivity contribution in [1.82, 2.24) is 4.98 Å². The van der Waals surface area contributed by atoms with Crippen molar-refractivity contribution < 1.29 is 9.53 Å². The number of nitrogens with two attached hydrogens (primary N) is 1. The van der Waals surface area contributed by atoms with Crippen LogP contribution in [-0.4, -0.2) is 17.5 Å². The number of nitrogens with zero attached hydrogens (tertiary/aromatic N) is 1. The molecule has 0 bridgehead atoms. The third-order valence-corrected chi connectivity index (χ3v) is 2.74. The molecule has 0 radical (unpaired) electrons. The van der Waals surface area contributed by atoms with Crippen LogP contribution in [0.25, 0.3) is 0 Å². The van der Waals surface area contributed by atoms with Gasteiger partial charge in [-0.2, -0.15) is 0 Å². The summed E-state index contributed by atoms with van der Waals surface area (Å²) >= 11 is 0. The molecule has 0 unspecified atom stereocenters. The molecule has 5 nitrogen and oxygen atoms in total. The van der Waals surface area contributed by atoms with E-state index in [0.717, 1.165) is 5.56 Å².